The van der Waals surface area contributed by atoms with Crippen molar-refractivity contribution >= 4 is 10.0 Å². The number of nitrogens with one attached hydrogen (secondary N) is 2. The van der Waals surface area contributed by atoms with Crippen LogP contribution in [0.15, 0.2) is 15.4 Å². The fourth-order valence-corrected chi connectivity index (χ4v) is 3.74. The van der Waals surface area contributed by atoms with E-state index in [0.717, 1.165) is 6.42 Å². The van der Waals surface area contributed by atoms with Gasteiger partial charge in [0.2, 0.25) is 10.0 Å². The molecule has 2 N–H and O–H groups in total. The predicted octanol–water partition coefficient (Wildman–Crippen LogP) is 2.55. The van der Waals surface area contributed by atoms with Gasteiger partial charge in [0.25, 0.3) is 0 Å². The monoisotopic (exact) mass is 314 g/mol. The van der Waals surface area contributed by atoms with Crippen molar-refractivity contribution in [3.63, 3.8) is 0 Å². The van der Waals surface area contributed by atoms with Gasteiger partial charge in [-0.3, -0.25) is 0 Å². The van der Waals surface area contributed by atoms with Crippen molar-refractivity contribution in [3.05, 3.63) is 17.6 Å². The second kappa shape index (κ2) is 6.50. The Labute approximate surface area is 127 Å². The zero-order chi connectivity index (χ0) is 15.6. The highest BCUT2D eigenvalue weighted by Gasteiger charge is 2.26. The summed E-state index contributed by atoms with van der Waals surface area (Å²) < 4.78 is 33.2. The second-order valence-electron chi connectivity index (χ2n) is 6.08. The first kappa shape index (κ1) is 16.5. The van der Waals surface area contributed by atoms with Crippen molar-refractivity contribution in [2.45, 2.75) is 70.5 Å². The number of furan rings is 1. The molecule has 2 unspecified atom stereocenters. The molecule has 0 bridgehead atoms. The van der Waals surface area contributed by atoms with Crippen molar-refractivity contribution < 1.29 is 12.8 Å². The molecule has 0 aliphatic heterocycles. The van der Waals surface area contributed by atoms with E-state index in [9.17, 15) is 8.42 Å². The zero-order valence-electron chi connectivity index (χ0n) is 13.3. The molecule has 0 amide bonds. The van der Waals surface area contributed by atoms with Crippen LogP contribution in [0.25, 0.3) is 0 Å². The molecule has 2 atom stereocenters. The lowest BCUT2D eigenvalue weighted by molar-refractivity contribution is 0.432. The maximum atomic E-state index is 12.5. The van der Waals surface area contributed by atoms with E-state index in [1.165, 1.54) is 12.8 Å². The van der Waals surface area contributed by atoms with Gasteiger partial charge in [0.05, 0.1) is 6.54 Å². The summed E-state index contributed by atoms with van der Waals surface area (Å²) in [4.78, 5) is 0.255. The van der Waals surface area contributed by atoms with Crippen LogP contribution in [0.5, 0.6) is 0 Å². The molecule has 5 nitrogen and oxygen atoms in total. The second-order valence-corrected chi connectivity index (χ2v) is 7.77. The Morgan fingerprint density at radius 1 is 1.38 bits per heavy atom. The Morgan fingerprint density at radius 3 is 2.62 bits per heavy atom. The molecule has 6 heteroatoms. The van der Waals surface area contributed by atoms with E-state index in [2.05, 4.69) is 17.0 Å². The first-order chi connectivity index (χ1) is 9.83. The van der Waals surface area contributed by atoms with E-state index in [1.807, 2.05) is 13.8 Å². The minimum atomic E-state index is -3.52. The Bertz CT molecular complexity index is 576. The molecule has 1 saturated carbocycles. The Balaban J connectivity index is 2.07. The molecule has 0 spiro atoms. The SMILES string of the molecule is CCC(C)C(C)NS(=O)(=O)c1cc(CNC2CC2)oc1C. The van der Waals surface area contributed by atoms with Gasteiger partial charge in [-0.15, -0.1) is 0 Å². The normalized spacial score (nSPS) is 18.7. The molecule has 0 saturated heterocycles. The third kappa shape index (κ3) is 4.31. The molecule has 1 aromatic heterocycles. The number of aryl methyl sites for hydroxylation is 1. The van der Waals surface area contributed by atoms with Crippen LogP contribution >= 0.6 is 0 Å². The van der Waals surface area contributed by atoms with Gasteiger partial charge >= 0.3 is 0 Å². The highest BCUT2D eigenvalue weighted by atomic mass is 32.2. The standard InChI is InChI=1S/C15H26N2O3S/c1-5-10(2)11(3)17-21(18,19)15-8-14(20-12(15)4)9-16-13-6-7-13/h8,10-11,13,16-17H,5-7,9H2,1-4H3. The van der Waals surface area contributed by atoms with Crippen molar-refractivity contribution in [2.24, 2.45) is 5.92 Å². The summed E-state index contributed by atoms with van der Waals surface area (Å²) in [7, 11) is -3.52. The van der Waals surface area contributed by atoms with Crippen molar-refractivity contribution in [1.82, 2.24) is 10.0 Å². The summed E-state index contributed by atoms with van der Waals surface area (Å²) in [5.41, 5.74) is 0. The summed E-state index contributed by atoms with van der Waals surface area (Å²) in [5.74, 6) is 1.42. The molecule has 120 valence electrons. The van der Waals surface area contributed by atoms with E-state index in [-0.39, 0.29) is 10.9 Å². The molecule has 1 aromatic rings. The van der Waals surface area contributed by atoms with Crippen LogP contribution in [0, 0.1) is 12.8 Å². The third-order valence-corrected chi connectivity index (χ3v) is 5.86. The van der Waals surface area contributed by atoms with Crippen molar-refractivity contribution in [1.29, 1.82) is 0 Å². The molecule has 0 radical (unpaired) electrons. The molecule has 1 aliphatic carbocycles. The minimum absolute atomic E-state index is 0.0951. The summed E-state index contributed by atoms with van der Waals surface area (Å²) in [6, 6.07) is 2.11. The Kier molecular flexibility index (Phi) is 5.11. The van der Waals surface area contributed by atoms with Crippen LogP contribution in [-0.2, 0) is 16.6 Å². The highest BCUT2D eigenvalue weighted by Crippen LogP contribution is 2.23. The number of hydrogen-bond donors (Lipinski definition) is 2. The van der Waals surface area contributed by atoms with E-state index in [4.69, 9.17) is 4.42 Å². The summed E-state index contributed by atoms with van der Waals surface area (Å²) in [5, 5.41) is 3.32. The maximum absolute atomic E-state index is 12.5. The molecule has 21 heavy (non-hydrogen) atoms. The van der Waals surface area contributed by atoms with E-state index < -0.39 is 10.0 Å². The van der Waals surface area contributed by atoms with Crippen molar-refractivity contribution in [3.8, 4) is 0 Å². The quantitative estimate of drug-likeness (QED) is 0.773. The molecule has 1 aliphatic rings. The largest absolute Gasteiger partial charge is 0.464 e. The Morgan fingerprint density at radius 2 is 2.05 bits per heavy atom. The van der Waals surface area contributed by atoms with Crippen LogP contribution in [0.4, 0.5) is 0 Å². The smallest absolute Gasteiger partial charge is 0.244 e. The van der Waals surface area contributed by atoms with E-state index >= 15 is 0 Å². The van der Waals surface area contributed by atoms with Crippen LogP contribution < -0.4 is 10.0 Å². The average molecular weight is 314 g/mol. The molecule has 1 heterocycles. The van der Waals surface area contributed by atoms with Gasteiger partial charge < -0.3 is 9.73 Å². The minimum Gasteiger partial charge on any atom is -0.464 e. The average Bonchev–Trinajstić information content (AvgIpc) is 3.17. The van der Waals surface area contributed by atoms with Crippen LogP contribution in [0.2, 0.25) is 0 Å². The predicted molar refractivity (Wildman–Crippen MR) is 82.5 cm³/mol. The summed E-state index contributed by atoms with van der Waals surface area (Å²) in [6.07, 6.45) is 3.32. The van der Waals surface area contributed by atoms with Crippen LogP contribution in [0.3, 0.4) is 0 Å². The fraction of sp³-hybridized carbons (Fsp3) is 0.733. The lowest BCUT2D eigenvalue weighted by Gasteiger charge is -2.19. The van der Waals surface area contributed by atoms with Gasteiger partial charge in [-0.25, -0.2) is 13.1 Å². The van der Waals surface area contributed by atoms with E-state index in [0.29, 0.717) is 30.0 Å². The molecule has 0 aromatic carbocycles. The molecule has 1 fully saturated rings. The number of rotatable bonds is 8. The third-order valence-electron chi connectivity index (χ3n) is 4.19. The van der Waals surface area contributed by atoms with Crippen LogP contribution in [0.1, 0.15) is 51.6 Å². The summed E-state index contributed by atoms with van der Waals surface area (Å²) in [6.45, 7) is 8.28. The van der Waals surface area contributed by atoms with Crippen molar-refractivity contribution in [2.75, 3.05) is 0 Å². The van der Waals surface area contributed by atoms with Gasteiger partial charge in [0.1, 0.15) is 16.4 Å². The van der Waals surface area contributed by atoms with Gasteiger partial charge in [0.15, 0.2) is 0 Å². The molecular weight excluding hydrogens is 288 g/mol. The first-order valence-electron chi connectivity index (χ1n) is 7.68. The number of hydrogen-bond acceptors (Lipinski definition) is 4. The van der Waals surface area contributed by atoms with Gasteiger partial charge in [-0.05, 0) is 32.6 Å². The topological polar surface area (TPSA) is 71.3 Å². The highest BCUT2D eigenvalue weighted by molar-refractivity contribution is 7.89. The summed E-state index contributed by atoms with van der Waals surface area (Å²) >= 11 is 0. The lowest BCUT2D eigenvalue weighted by atomic mass is 10.0. The van der Waals surface area contributed by atoms with Gasteiger partial charge in [-0.1, -0.05) is 20.3 Å². The fourth-order valence-electron chi connectivity index (χ4n) is 2.19. The first-order valence-corrected chi connectivity index (χ1v) is 9.16. The van der Waals surface area contributed by atoms with Gasteiger partial charge in [-0.2, -0.15) is 0 Å². The molecule has 2 rings (SSSR count). The maximum Gasteiger partial charge on any atom is 0.244 e. The van der Waals surface area contributed by atoms with Crippen LogP contribution in [-0.4, -0.2) is 20.5 Å². The van der Waals surface area contributed by atoms with Gasteiger partial charge in [0, 0.05) is 18.2 Å². The lowest BCUT2D eigenvalue weighted by Crippen LogP contribution is -2.36. The Hall–Kier alpha value is -0.850. The number of sulfonamides is 1. The zero-order valence-corrected chi connectivity index (χ0v) is 14.1. The van der Waals surface area contributed by atoms with E-state index in [1.54, 1.807) is 13.0 Å². The molecular formula is C15H26N2O3S.